The average molecular weight is 237 g/mol. The van der Waals surface area contributed by atoms with Gasteiger partial charge in [-0.3, -0.25) is 4.68 Å². The van der Waals surface area contributed by atoms with Crippen LogP contribution in [0.1, 0.15) is 18.2 Å². The van der Waals surface area contributed by atoms with Crippen molar-refractivity contribution in [2.45, 2.75) is 20.3 Å². The van der Waals surface area contributed by atoms with Gasteiger partial charge >= 0.3 is 0 Å². The van der Waals surface area contributed by atoms with Crippen molar-refractivity contribution in [2.75, 3.05) is 0 Å². The highest BCUT2D eigenvalue weighted by atomic mass is 35.5. The molecular formula is C11H13ClN4. The third-order valence-electron chi connectivity index (χ3n) is 2.46. The molecule has 2 aromatic heterocycles. The van der Waals surface area contributed by atoms with Crippen molar-refractivity contribution in [3.63, 3.8) is 0 Å². The van der Waals surface area contributed by atoms with Crippen LogP contribution < -0.4 is 0 Å². The van der Waals surface area contributed by atoms with Crippen molar-refractivity contribution >= 4 is 11.6 Å². The number of nitrogens with zero attached hydrogens (tertiary/aromatic N) is 4. The number of hydrogen-bond donors (Lipinski definition) is 0. The summed E-state index contributed by atoms with van der Waals surface area (Å²) in [5, 5.41) is 4.77. The van der Waals surface area contributed by atoms with E-state index in [4.69, 9.17) is 11.6 Å². The molecule has 0 aliphatic heterocycles. The van der Waals surface area contributed by atoms with Crippen molar-refractivity contribution in [3.05, 3.63) is 28.7 Å². The molecule has 0 aromatic carbocycles. The van der Waals surface area contributed by atoms with Gasteiger partial charge in [0, 0.05) is 24.5 Å². The Balaban J connectivity index is 2.54. The van der Waals surface area contributed by atoms with E-state index in [0.29, 0.717) is 11.0 Å². The van der Waals surface area contributed by atoms with Gasteiger partial charge in [-0.15, -0.1) is 0 Å². The van der Waals surface area contributed by atoms with Gasteiger partial charge in [-0.25, -0.2) is 9.97 Å². The van der Waals surface area contributed by atoms with Gasteiger partial charge in [0.15, 0.2) is 5.82 Å². The first kappa shape index (κ1) is 11.1. The van der Waals surface area contributed by atoms with Gasteiger partial charge in [-0.2, -0.15) is 5.10 Å². The molecular weight excluding hydrogens is 224 g/mol. The zero-order chi connectivity index (χ0) is 11.7. The molecule has 16 heavy (non-hydrogen) atoms. The average Bonchev–Trinajstić information content (AvgIpc) is 2.69. The van der Waals surface area contributed by atoms with E-state index in [1.807, 2.05) is 33.2 Å². The van der Waals surface area contributed by atoms with E-state index >= 15 is 0 Å². The Hall–Kier alpha value is -1.42. The van der Waals surface area contributed by atoms with Crippen LogP contribution in [0, 0.1) is 6.92 Å². The smallest absolute Gasteiger partial charge is 0.181 e. The second kappa shape index (κ2) is 4.22. The topological polar surface area (TPSA) is 43.6 Å². The maximum Gasteiger partial charge on any atom is 0.181 e. The summed E-state index contributed by atoms with van der Waals surface area (Å²) < 4.78 is 1.72. The first-order chi connectivity index (χ1) is 7.61. The van der Waals surface area contributed by atoms with E-state index < -0.39 is 0 Å². The monoisotopic (exact) mass is 236 g/mol. The minimum Gasteiger partial charge on any atom is -0.275 e. The standard InChI is InChI=1S/C11H13ClN4/c1-4-8-7(2)10(12)14-11(13-8)9-5-6-16(3)15-9/h5-6H,4H2,1-3H3. The molecule has 0 aliphatic carbocycles. The SMILES string of the molecule is CCc1nc(-c2ccn(C)n2)nc(Cl)c1C. The van der Waals surface area contributed by atoms with E-state index in [-0.39, 0.29) is 0 Å². The summed E-state index contributed by atoms with van der Waals surface area (Å²) in [6.45, 7) is 3.98. The number of aromatic nitrogens is 4. The molecule has 0 atom stereocenters. The van der Waals surface area contributed by atoms with Crippen LogP contribution in [0.25, 0.3) is 11.5 Å². The van der Waals surface area contributed by atoms with E-state index in [2.05, 4.69) is 15.1 Å². The van der Waals surface area contributed by atoms with Crippen LogP contribution in [0.2, 0.25) is 5.15 Å². The molecule has 0 amide bonds. The molecule has 0 radical (unpaired) electrons. The van der Waals surface area contributed by atoms with Crippen LogP contribution in [0.5, 0.6) is 0 Å². The highest BCUT2D eigenvalue weighted by molar-refractivity contribution is 6.30. The van der Waals surface area contributed by atoms with Crippen LogP contribution in [0.4, 0.5) is 0 Å². The fourth-order valence-corrected chi connectivity index (χ4v) is 1.71. The van der Waals surface area contributed by atoms with Crippen molar-refractivity contribution in [2.24, 2.45) is 7.05 Å². The number of aryl methyl sites for hydroxylation is 2. The summed E-state index contributed by atoms with van der Waals surface area (Å²) in [5.41, 5.74) is 2.67. The van der Waals surface area contributed by atoms with Gasteiger partial charge in [0.05, 0.1) is 0 Å². The lowest BCUT2D eigenvalue weighted by Gasteiger charge is -2.05. The molecule has 5 heteroatoms. The lowest BCUT2D eigenvalue weighted by molar-refractivity contribution is 0.768. The summed E-state index contributed by atoms with van der Waals surface area (Å²) >= 11 is 6.07. The second-order valence-electron chi connectivity index (χ2n) is 3.64. The third kappa shape index (κ3) is 1.93. The van der Waals surface area contributed by atoms with Gasteiger partial charge in [-0.05, 0) is 19.4 Å². The van der Waals surface area contributed by atoms with Gasteiger partial charge in [-0.1, -0.05) is 18.5 Å². The summed E-state index contributed by atoms with van der Waals surface area (Å²) in [6.07, 6.45) is 2.70. The highest BCUT2D eigenvalue weighted by Gasteiger charge is 2.11. The zero-order valence-electron chi connectivity index (χ0n) is 9.53. The molecule has 0 aliphatic rings. The number of halogens is 1. The maximum absolute atomic E-state index is 6.07. The Labute approximate surface area is 99.3 Å². The summed E-state index contributed by atoms with van der Waals surface area (Å²) in [6, 6.07) is 1.88. The van der Waals surface area contributed by atoms with Gasteiger partial charge in [0.1, 0.15) is 10.8 Å². The van der Waals surface area contributed by atoms with E-state index in [0.717, 1.165) is 23.4 Å². The molecule has 0 saturated heterocycles. The quantitative estimate of drug-likeness (QED) is 0.752. The van der Waals surface area contributed by atoms with Crippen LogP contribution in [-0.4, -0.2) is 19.7 Å². The normalized spacial score (nSPS) is 10.8. The van der Waals surface area contributed by atoms with E-state index in [1.54, 1.807) is 4.68 Å². The summed E-state index contributed by atoms with van der Waals surface area (Å²) in [7, 11) is 1.86. The van der Waals surface area contributed by atoms with Crippen LogP contribution in [-0.2, 0) is 13.5 Å². The molecule has 0 saturated carbocycles. The Morgan fingerprint density at radius 3 is 2.69 bits per heavy atom. The summed E-state index contributed by atoms with van der Waals surface area (Å²) in [5.74, 6) is 0.591. The first-order valence-corrected chi connectivity index (χ1v) is 5.52. The van der Waals surface area contributed by atoms with Gasteiger partial charge in [0.25, 0.3) is 0 Å². The fraction of sp³-hybridized carbons (Fsp3) is 0.364. The Kier molecular flexibility index (Phi) is 2.92. The van der Waals surface area contributed by atoms with E-state index in [9.17, 15) is 0 Å². The molecule has 2 aromatic rings. The molecule has 84 valence electrons. The first-order valence-electron chi connectivity index (χ1n) is 5.15. The lowest BCUT2D eigenvalue weighted by atomic mass is 10.2. The molecule has 0 spiro atoms. The largest absolute Gasteiger partial charge is 0.275 e. The van der Waals surface area contributed by atoms with Gasteiger partial charge < -0.3 is 0 Å². The van der Waals surface area contributed by atoms with Crippen LogP contribution in [0.15, 0.2) is 12.3 Å². The zero-order valence-corrected chi connectivity index (χ0v) is 10.3. The van der Waals surface area contributed by atoms with Crippen LogP contribution in [0.3, 0.4) is 0 Å². The van der Waals surface area contributed by atoms with Gasteiger partial charge in [0.2, 0.25) is 0 Å². The number of rotatable bonds is 2. The predicted octanol–water partition coefficient (Wildman–Crippen LogP) is 2.40. The molecule has 0 fully saturated rings. The molecule has 4 nitrogen and oxygen atoms in total. The van der Waals surface area contributed by atoms with E-state index in [1.165, 1.54) is 0 Å². The molecule has 2 heterocycles. The van der Waals surface area contributed by atoms with Crippen LogP contribution >= 0.6 is 11.6 Å². The maximum atomic E-state index is 6.07. The minimum atomic E-state index is 0.507. The van der Waals surface area contributed by atoms with Crippen molar-refractivity contribution < 1.29 is 0 Å². The molecule has 0 unspecified atom stereocenters. The number of hydrogen-bond acceptors (Lipinski definition) is 3. The Morgan fingerprint density at radius 2 is 2.12 bits per heavy atom. The second-order valence-corrected chi connectivity index (χ2v) is 4.00. The summed E-state index contributed by atoms with van der Waals surface area (Å²) in [4.78, 5) is 8.71. The Bertz CT molecular complexity index is 519. The predicted molar refractivity (Wildman–Crippen MR) is 63.4 cm³/mol. The minimum absolute atomic E-state index is 0.507. The Morgan fingerprint density at radius 1 is 1.38 bits per heavy atom. The third-order valence-corrected chi connectivity index (χ3v) is 2.83. The van der Waals surface area contributed by atoms with Crippen molar-refractivity contribution in [1.29, 1.82) is 0 Å². The van der Waals surface area contributed by atoms with Crippen molar-refractivity contribution in [3.8, 4) is 11.5 Å². The molecule has 0 bridgehead atoms. The fourth-order valence-electron chi connectivity index (χ4n) is 1.53. The molecule has 0 N–H and O–H groups in total. The molecule has 2 rings (SSSR count). The highest BCUT2D eigenvalue weighted by Crippen LogP contribution is 2.20. The van der Waals surface area contributed by atoms with Crippen molar-refractivity contribution in [1.82, 2.24) is 19.7 Å². The lowest BCUT2D eigenvalue weighted by Crippen LogP contribution is -2.00.